The number of carbonyl (C=O) groups excluding carboxylic acids is 1. The first-order valence-corrected chi connectivity index (χ1v) is 8.44. The lowest BCUT2D eigenvalue weighted by molar-refractivity contribution is -0.144. The van der Waals surface area contributed by atoms with E-state index >= 15 is 0 Å². The van der Waals surface area contributed by atoms with Crippen molar-refractivity contribution < 1.29 is 18.4 Å². The van der Waals surface area contributed by atoms with Crippen molar-refractivity contribution in [3.63, 3.8) is 0 Å². The first kappa shape index (κ1) is 16.4. The average Bonchev–Trinajstić information content (AvgIpc) is 3.27. The Morgan fingerprint density at radius 3 is 2.71 bits per heavy atom. The van der Waals surface area contributed by atoms with Gasteiger partial charge in [0.15, 0.2) is 10.9 Å². The van der Waals surface area contributed by atoms with Gasteiger partial charge in [-0.15, -0.1) is 10.2 Å². The van der Waals surface area contributed by atoms with E-state index in [9.17, 15) is 4.79 Å². The summed E-state index contributed by atoms with van der Waals surface area (Å²) >= 11 is 1.27. The van der Waals surface area contributed by atoms with Gasteiger partial charge in [-0.3, -0.25) is 9.36 Å². The highest BCUT2D eigenvalue weighted by Gasteiger charge is 2.19. The first-order chi connectivity index (χ1) is 11.6. The Morgan fingerprint density at radius 1 is 1.25 bits per heavy atom. The summed E-state index contributed by atoms with van der Waals surface area (Å²) in [6, 6.07) is 7.28. The van der Waals surface area contributed by atoms with Gasteiger partial charge in [-0.2, -0.15) is 0 Å². The fourth-order valence-corrected chi connectivity index (χ4v) is 2.83. The summed E-state index contributed by atoms with van der Waals surface area (Å²) in [5.41, 5.74) is 0. The normalized spacial score (nSPS) is 11.1. The molecule has 0 radical (unpaired) electrons. The molecule has 126 valence electrons. The van der Waals surface area contributed by atoms with Crippen LogP contribution in [0.5, 0.6) is 0 Å². The lowest BCUT2D eigenvalue weighted by Crippen LogP contribution is -2.14. The second kappa shape index (κ2) is 7.39. The maximum Gasteiger partial charge on any atom is 0.316 e. The van der Waals surface area contributed by atoms with Crippen LogP contribution >= 0.6 is 11.8 Å². The van der Waals surface area contributed by atoms with Crippen molar-refractivity contribution >= 4 is 17.7 Å². The number of ether oxygens (including phenoxy) is 1. The summed E-state index contributed by atoms with van der Waals surface area (Å²) in [5, 5.41) is 8.95. The van der Waals surface area contributed by atoms with Gasteiger partial charge < -0.3 is 13.6 Å². The molecule has 3 aromatic heterocycles. The largest absolute Gasteiger partial charge is 0.467 e. The fourth-order valence-electron chi connectivity index (χ4n) is 2.10. The first-order valence-electron chi connectivity index (χ1n) is 7.45. The number of esters is 1. The van der Waals surface area contributed by atoms with E-state index in [0.717, 1.165) is 5.76 Å². The second-order valence-electron chi connectivity index (χ2n) is 5.28. The predicted octanol–water partition coefficient (Wildman–Crippen LogP) is 3.22. The van der Waals surface area contributed by atoms with E-state index in [4.69, 9.17) is 13.6 Å². The highest BCUT2D eigenvalue weighted by Crippen LogP contribution is 2.25. The molecule has 3 aromatic rings. The van der Waals surface area contributed by atoms with Gasteiger partial charge in [-0.1, -0.05) is 11.8 Å². The molecule has 0 atom stereocenters. The molecule has 0 bridgehead atoms. The summed E-state index contributed by atoms with van der Waals surface area (Å²) in [7, 11) is 0. The summed E-state index contributed by atoms with van der Waals surface area (Å²) in [6.45, 7) is 4.07. The topological polar surface area (TPSA) is 83.3 Å². The zero-order valence-electron chi connectivity index (χ0n) is 13.3. The monoisotopic (exact) mass is 347 g/mol. The van der Waals surface area contributed by atoms with Crippen molar-refractivity contribution in [2.75, 3.05) is 5.75 Å². The van der Waals surface area contributed by atoms with Gasteiger partial charge in [-0.25, -0.2) is 0 Å². The van der Waals surface area contributed by atoms with Crippen LogP contribution in [0.1, 0.15) is 19.6 Å². The van der Waals surface area contributed by atoms with Gasteiger partial charge in [0.05, 0.1) is 30.9 Å². The quantitative estimate of drug-likeness (QED) is 0.479. The Hall–Kier alpha value is -2.48. The van der Waals surface area contributed by atoms with Crippen LogP contribution in [0.15, 0.2) is 50.8 Å². The van der Waals surface area contributed by atoms with Crippen LogP contribution in [-0.4, -0.2) is 32.6 Å². The number of rotatable bonds is 7. The molecule has 0 aliphatic carbocycles. The van der Waals surface area contributed by atoms with Crippen molar-refractivity contribution in [3.8, 4) is 11.6 Å². The van der Waals surface area contributed by atoms with Gasteiger partial charge in [0, 0.05) is 0 Å². The molecule has 7 nitrogen and oxygen atoms in total. The minimum Gasteiger partial charge on any atom is -0.467 e. The third-order valence-electron chi connectivity index (χ3n) is 3.04. The Kier molecular flexibility index (Phi) is 5.05. The van der Waals surface area contributed by atoms with Gasteiger partial charge in [-0.05, 0) is 38.1 Å². The molecule has 0 spiro atoms. The lowest BCUT2D eigenvalue weighted by atomic mass is 10.4. The molecule has 0 unspecified atom stereocenters. The van der Waals surface area contributed by atoms with Crippen molar-refractivity contribution in [2.45, 2.75) is 31.7 Å². The van der Waals surface area contributed by atoms with E-state index in [-0.39, 0.29) is 17.8 Å². The van der Waals surface area contributed by atoms with E-state index in [1.807, 2.05) is 36.6 Å². The highest BCUT2D eigenvalue weighted by atomic mass is 32.2. The van der Waals surface area contributed by atoms with Crippen LogP contribution in [0.2, 0.25) is 0 Å². The Labute approximate surface area is 143 Å². The summed E-state index contributed by atoms with van der Waals surface area (Å²) in [6.07, 6.45) is 3.05. The van der Waals surface area contributed by atoms with Crippen molar-refractivity contribution in [2.24, 2.45) is 0 Å². The number of thioether (sulfide) groups is 1. The smallest absolute Gasteiger partial charge is 0.316 e. The Bertz CT molecular complexity index is 778. The number of hydrogen-bond donors (Lipinski definition) is 0. The molecule has 0 N–H and O–H groups in total. The van der Waals surface area contributed by atoms with Crippen LogP contribution in [-0.2, 0) is 16.1 Å². The molecule has 0 aliphatic rings. The minimum absolute atomic E-state index is 0.141. The third-order valence-corrected chi connectivity index (χ3v) is 3.98. The minimum atomic E-state index is -0.290. The molecular weight excluding hydrogens is 330 g/mol. The lowest BCUT2D eigenvalue weighted by Gasteiger charge is -2.09. The molecule has 3 rings (SSSR count). The van der Waals surface area contributed by atoms with Crippen molar-refractivity contribution in [3.05, 3.63) is 42.6 Å². The van der Waals surface area contributed by atoms with Crippen LogP contribution < -0.4 is 0 Å². The summed E-state index contributed by atoms with van der Waals surface area (Å²) in [5.74, 6) is 1.81. The van der Waals surface area contributed by atoms with E-state index in [1.165, 1.54) is 11.8 Å². The number of aromatic nitrogens is 3. The predicted molar refractivity (Wildman–Crippen MR) is 87.5 cm³/mol. The molecule has 0 saturated carbocycles. The Morgan fingerprint density at radius 2 is 2.04 bits per heavy atom. The molecular formula is C16H17N3O4S. The number of nitrogens with zero attached hydrogens (tertiary/aromatic N) is 3. The number of hydrogen-bond acceptors (Lipinski definition) is 7. The molecule has 8 heteroatoms. The van der Waals surface area contributed by atoms with E-state index < -0.39 is 0 Å². The van der Waals surface area contributed by atoms with E-state index in [2.05, 4.69) is 10.2 Å². The SMILES string of the molecule is CC(C)OC(=O)CSc1nnc(-c2ccco2)n1Cc1ccco1. The summed E-state index contributed by atoms with van der Waals surface area (Å²) in [4.78, 5) is 11.8. The molecule has 0 aromatic carbocycles. The van der Waals surface area contributed by atoms with Crippen LogP contribution in [0.4, 0.5) is 0 Å². The molecule has 0 amide bonds. The zero-order chi connectivity index (χ0) is 16.9. The average molecular weight is 347 g/mol. The standard InChI is InChI=1S/C16H17N3O4S/c1-11(2)23-14(20)10-24-16-18-17-15(13-6-4-8-22-13)19(16)9-12-5-3-7-21-12/h3-8,11H,9-10H2,1-2H3. The van der Waals surface area contributed by atoms with Gasteiger partial charge in [0.2, 0.25) is 5.82 Å². The van der Waals surface area contributed by atoms with E-state index in [1.54, 1.807) is 18.6 Å². The highest BCUT2D eigenvalue weighted by molar-refractivity contribution is 7.99. The van der Waals surface area contributed by atoms with E-state index in [0.29, 0.717) is 23.3 Å². The number of furan rings is 2. The molecule has 0 fully saturated rings. The van der Waals surface area contributed by atoms with Gasteiger partial charge in [0.25, 0.3) is 0 Å². The van der Waals surface area contributed by atoms with Crippen LogP contribution in [0.25, 0.3) is 11.6 Å². The van der Waals surface area contributed by atoms with Gasteiger partial charge >= 0.3 is 5.97 Å². The summed E-state index contributed by atoms with van der Waals surface area (Å²) < 4.78 is 17.8. The van der Waals surface area contributed by atoms with Crippen LogP contribution in [0, 0.1) is 0 Å². The molecule has 0 aliphatic heterocycles. The van der Waals surface area contributed by atoms with Gasteiger partial charge in [0.1, 0.15) is 5.76 Å². The Balaban J connectivity index is 1.81. The number of carbonyl (C=O) groups is 1. The molecule has 24 heavy (non-hydrogen) atoms. The zero-order valence-corrected chi connectivity index (χ0v) is 14.2. The second-order valence-corrected chi connectivity index (χ2v) is 6.22. The van der Waals surface area contributed by atoms with Crippen LogP contribution in [0.3, 0.4) is 0 Å². The maximum atomic E-state index is 11.8. The fraction of sp³-hybridized carbons (Fsp3) is 0.312. The molecule has 0 saturated heterocycles. The van der Waals surface area contributed by atoms with Crippen molar-refractivity contribution in [1.29, 1.82) is 0 Å². The van der Waals surface area contributed by atoms with Crippen molar-refractivity contribution in [1.82, 2.24) is 14.8 Å². The molecule has 3 heterocycles. The maximum absolute atomic E-state index is 11.8. The third kappa shape index (κ3) is 3.88.